The number of carbonyl (C=O) groups is 1. The van der Waals surface area contributed by atoms with E-state index >= 15 is 0 Å². The predicted molar refractivity (Wildman–Crippen MR) is 110 cm³/mol. The average molecular weight is 455 g/mol. The number of benzene rings is 1. The number of ether oxygens (including phenoxy) is 2. The van der Waals surface area contributed by atoms with Crippen molar-refractivity contribution < 1.29 is 32.0 Å². The van der Waals surface area contributed by atoms with Gasteiger partial charge in [0.25, 0.3) is 0 Å². The zero-order valence-electron chi connectivity index (χ0n) is 18.4. The Balaban J connectivity index is 1.75. The quantitative estimate of drug-likeness (QED) is 0.560. The summed E-state index contributed by atoms with van der Waals surface area (Å²) in [6.45, 7) is 5.33. The lowest BCUT2D eigenvalue weighted by Gasteiger charge is -2.26. The highest BCUT2D eigenvalue weighted by Gasteiger charge is 2.31. The average Bonchev–Trinajstić information content (AvgIpc) is 3.16. The van der Waals surface area contributed by atoms with Gasteiger partial charge in [0.1, 0.15) is 17.4 Å². The van der Waals surface area contributed by atoms with Crippen LogP contribution in [0.2, 0.25) is 0 Å². The lowest BCUT2D eigenvalue weighted by molar-refractivity contribution is -0.274. The van der Waals surface area contributed by atoms with Crippen LogP contribution in [-0.2, 0) is 4.74 Å². The Kier molecular flexibility index (Phi) is 7.30. The highest BCUT2D eigenvalue weighted by Crippen LogP contribution is 2.33. The summed E-state index contributed by atoms with van der Waals surface area (Å²) in [6, 6.07) is 4.65. The van der Waals surface area contributed by atoms with Crippen molar-refractivity contribution in [3.05, 3.63) is 30.2 Å². The molecule has 2 aromatic rings. The number of amides is 1. The molecule has 1 aromatic carbocycles. The SMILES string of the molecule is CC(C)(C)OC(=O)NC(CC1CCCCC1)c1nc(-c2ccc(OC(F)(F)F)cc2)no1. The topological polar surface area (TPSA) is 86.5 Å². The maximum Gasteiger partial charge on any atom is 0.573 e. The van der Waals surface area contributed by atoms with Gasteiger partial charge in [0.15, 0.2) is 0 Å². The summed E-state index contributed by atoms with van der Waals surface area (Å²) in [6.07, 6.45) is 0.921. The first-order valence-electron chi connectivity index (χ1n) is 10.7. The van der Waals surface area contributed by atoms with Crippen molar-refractivity contribution in [2.75, 3.05) is 0 Å². The minimum Gasteiger partial charge on any atom is -0.444 e. The molecular formula is C22H28F3N3O4. The van der Waals surface area contributed by atoms with Crippen LogP contribution in [0.15, 0.2) is 28.8 Å². The van der Waals surface area contributed by atoms with Gasteiger partial charge < -0.3 is 19.3 Å². The molecule has 1 fully saturated rings. The van der Waals surface area contributed by atoms with E-state index in [0.29, 0.717) is 17.9 Å². The first kappa shape index (κ1) is 23.9. The number of hydrogen-bond acceptors (Lipinski definition) is 6. The number of hydrogen-bond donors (Lipinski definition) is 1. The summed E-state index contributed by atoms with van der Waals surface area (Å²) in [5.74, 6) is 0.509. The molecule has 0 spiro atoms. The van der Waals surface area contributed by atoms with Crippen LogP contribution >= 0.6 is 0 Å². The molecule has 1 unspecified atom stereocenters. The summed E-state index contributed by atoms with van der Waals surface area (Å²) in [7, 11) is 0. The van der Waals surface area contributed by atoms with Crippen molar-refractivity contribution >= 4 is 6.09 Å². The molecule has 1 N–H and O–H groups in total. The Hall–Kier alpha value is -2.78. The fraction of sp³-hybridized carbons (Fsp3) is 0.591. The van der Waals surface area contributed by atoms with E-state index in [0.717, 1.165) is 25.7 Å². The van der Waals surface area contributed by atoms with Crippen LogP contribution in [0.3, 0.4) is 0 Å². The molecule has 1 aliphatic rings. The maximum absolute atomic E-state index is 12.4. The zero-order chi connectivity index (χ0) is 23.4. The van der Waals surface area contributed by atoms with Gasteiger partial charge in [-0.3, -0.25) is 0 Å². The van der Waals surface area contributed by atoms with Gasteiger partial charge in [-0.25, -0.2) is 4.79 Å². The smallest absolute Gasteiger partial charge is 0.444 e. The van der Waals surface area contributed by atoms with Gasteiger partial charge >= 0.3 is 12.5 Å². The van der Waals surface area contributed by atoms with Gasteiger partial charge in [0, 0.05) is 5.56 Å². The van der Waals surface area contributed by atoms with Gasteiger partial charge in [-0.2, -0.15) is 4.98 Å². The molecule has 32 heavy (non-hydrogen) atoms. The second-order valence-corrected chi connectivity index (χ2v) is 8.97. The van der Waals surface area contributed by atoms with Crippen LogP contribution in [0.1, 0.15) is 71.2 Å². The van der Waals surface area contributed by atoms with Crippen molar-refractivity contribution in [3.8, 4) is 17.1 Å². The van der Waals surface area contributed by atoms with Crippen LogP contribution in [0.4, 0.5) is 18.0 Å². The highest BCUT2D eigenvalue weighted by atomic mass is 19.4. The van der Waals surface area contributed by atoms with E-state index < -0.39 is 24.1 Å². The predicted octanol–water partition coefficient (Wildman–Crippen LogP) is 6.17. The van der Waals surface area contributed by atoms with Gasteiger partial charge in [-0.1, -0.05) is 37.3 Å². The highest BCUT2D eigenvalue weighted by molar-refractivity contribution is 5.68. The second-order valence-electron chi connectivity index (χ2n) is 8.97. The van der Waals surface area contributed by atoms with Crippen molar-refractivity contribution in [1.29, 1.82) is 0 Å². The zero-order valence-corrected chi connectivity index (χ0v) is 18.4. The summed E-state index contributed by atoms with van der Waals surface area (Å²) in [5.41, 5.74) is -0.192. The minimum atomic E-state index is -4.76. The normalized spacial score (nSPS) is 16.4. The molecule has 1 aliphatic carbocycles. The summed E-state index contributed by atoms with van der Waals surface area (Å²) in [4.78, 5) is 16.8. The van der Waals surface area contributed by atoms with E-state index in [1.165, 1.54) is 30.7 Å². The molecule has 1 atom stereocenters. The van der Waals surface area contributed by atoms with Crippen molar-refractivity contribution in [3.63, 3.8) is 0 Å². The van der Waals surface area contributed by atoms with Gasteiger partial charge in [0.2, 0.25) is 11.7 Å². The number of halogens is 3. The van der Waals surface area contributed by atoms with Crippen molar-refractivity contribution in [2.24, 2.45) is 5.92 Å². The van der Waals surface area contributed by atoms with Crippen LogP contribution in [-0.4, -0.2) is 28.2 Å². The van der Waals surface area contributed by atoms with E-state index in [-0.39, 0.29) is 17.5 Å². The lowest BCUT2D eigenvalue weighted by Crippen LogP contribution is -2.36. The second kappa shape index (κ2) is 9.79. The fourth-order valence-corrected chi connectivity index (χ4v) is 3.73. The molecule has 1 amide bonds. The van der Waals surface area contributed by atoms with E-state index in [4.69, 9.17) is 9.26 Å². The summed E-state index contributed by atoms with van der Waals surface area (Å²) in [5, 5.41) is 6.78. The Morgan fingerprint density at radius 1 is 1.16 bits per heavy atom. The molecule has 1 aromatic heterocycles. The number of carbonyl (C=O) groups excluding carboxylic acids is 1. The number of alkyl halides is 3. The van der Waals surface area contributed by atoms with E-state index in [1.807, 2.05) is 0 Å². The maximum atomic E-state index is 12.4. The van der Waals surface area contributed by atoms with Crippen molar-refractivity contribution in [2.45, 2.75) is 77.3 Å². The molecule has 0 saturated heterocycles. The van der Waals surface area contributed by atoms with E-state index in [9.17, 15) is 18.0 Å². The third kappa shape index (κ3) is 7.42. The number of alkyl carbamates (subject to hydrolysis) is 1. The lowest BCUT2D eigenvalue weighted by atomic mass is 9.85. The first-order chi connectivity index (χ1) is 15.0. The van der Waals surface area contributed by atoms with Crippen molar-refractivity contribution in [1.82, 2.24) is 15.5 Å². The molecule has 0 aliphatic heterocycles. The minimum absolute atomic E-state index is 0.207. The van der Waals surface area contributed by atoms with E-state index in [2.05, 4.69) is 20.2 Å². The Labute approximate surface area is 184 Å². The Morgan fingerprint density at radius 2 is 1.81 bits per heavy atom. The molecule has 10 heteroatoms. The molecule has 7 nitrogen and oxygen atoms in total. The molecule has 3 rings (SSSR count). The van der Waals surface area contributed by atoms with Crippen LogP contribution in [0.5, 0.6) is 5.75 Å². The van der Waals surface area contributed by atoms with Crippen LogP contribution in [0, 0.1) is 5.92 Å². The third-order valence-corrected chi connectivity index (χ3v) is 5.07. The molecule has 0 bridgehead atoms. The molecule has 176 valence electrons. The number of aromatic nitrogens is 2. The van der Waals surface area contributed by atoms with Crippen LogP contribution in [0.25, 0.3) is 11.4 Å². The standard InChI is InChI=1S/C22H28F3N3O4/c1-21(2,3)31-20(29)26-17(13-14-7-5-4-6-8-14)19-27-18(28-32-19)15-9-11-16(12-10-15)30-22(23,24)25/h9-12,14,17H,4-8,13H2,1-3H3,(H,26,29). The summed E-state index contributed by atoms with van der Waals surface area (Å²) >= 11 is 0. The third-order valence-electron chi connectivity index (χ3n) is 5.07. The molecule has 1 heterocycles. The molecular weight excluding hydrogens is 427 g/mol. The number of nitrogens with one attached hydrogen (secondary N) is 1. The van der Waals surface area contributed by atoms with Gasteiger partial charge in [0.05, 0.1) is 0 Å². The molecule has 1 saturated carbocycles. The summed E-state index contributed by atoms with van der Waals surface area (Å²) < 4.78 is 51.7. The fourth-order valence-electron chi connectivity index (χ4n) is 3.73. The number of rotatable bonds is 6. The largest absolute Gasteiger partial charge is 0.573 e. The van der Waals surface area contributed by atoms with Gasteiger partial charge in [-0.15, -0.1) is 13.2 Å². The van der Waals surface area contributed by atoms with E-state index in [1.54, 1.807) is 20.8 Å². The van der Waals surface area contributed by atoms with Gasteiger partial charge in [-0.05, 0) is 57.4 Å². The van der Waals surface area contributed by atoms with Crippen LogP contribution < -0.4 is 10.1 Å². The molecule has 0 radical (unpaired) electrons. The Morgan fingerprint density at radius 3 is 2.41 bits per heavy atom. The monoisotopic (exact) mass is 455 g/mol. The Bertz CT molecular complexity index is 885. The first-order valence-corrected chi connectivity index (χ1v) is 10.7. The number of nitrogens with zero attached hydrogens (tertiary/aromatic N) is 2.